The van der Waals surface area contributed by atoms with Crippen LogP contribution in [0.2, 0.25) is 0 Å². The number of fused-ring (bicyclic) bond motifs is 1. The fraction of sp³-hybridized carbons (Fsp3) is 0.231. The van der Waals surface area contributed by atoms with Crippen LogP contribution in [-0.2, 0) is 9.59 Å². The molecule has 0 fully saturated rings. The maximum Gasteiger partial charge on any atom is 0.224 e. The van der Waals surface area contributed by atoms with E-state index < -0.39 is 0 Å². The highest BCUT2D eigenvalue weighted by Gasteiger charge is 2.32. The zero-order valence-corrected chi connectivity index (χ0v) is 18.4. The van der Waals surface area contributed by atoms with Crippen LogP contribution in [0.4, 0.5) is 21.5 Å². The van der Waals surface area contributed by atoms with Crippen molar-refractivity contribution in [3.63, 3.8) is 0 Å². The van der Waals surface area contributed by atoms with Crippen molar-refractivity contribution in [2.24, 2.45) is 0 Å². The lowest BCUT2D eigenvalue weighted by atomic mass is 9.89. The molecule has 0 unspecified atom stereocenters. The number of anilines is 3. The summed E-state index contributed by atoms with van der Waals surface area (Å²) in [5, 5.41) is 6.32. The van der Waals surface area contributed by atoms with Crippen molar-refractivity contribution in [2.75, 3.05) is 15.5 Å². The first-order valence-corrected chi connectivity index (χ1v) is 10.7. The van der Waals surface area contributed by atoms with Crippen LogP contribution in [0, 0.1) is 5.82 Å². The summed E-state index contributed by atoms with van der Waals surface area (Å²) in [6, 6.07) is 20.0. The van der Waals surface area contributed by atoms with Gasteiger partial charge in [-0.1, -0.05) is 18.2 Å². The van der Waals surface area contributed by atoms with Gasteiger partial charge in [-0.25, -0.2) is 4.39 Å². The molecule has 1 aliphatic rings. The quantitative estimate of drug-likeness (QED) is 0.553. The fourth-order valence-electron chi connectivity index (χ4n) is 4.39. The second-order valence-electron chi connectivity index (χ2n) is 8.21. The Hall–Kier alpha value is -3.67. The molecule has 2 amide bonds. The SMILES string of the molecule is CC(=O)Nc1cccc(-c2ccc3c(c2)[C@H](Nc2ccc(F)cc2)C[C@H](C)N3C(C)=O)c1. The molecule has 32 heavy (non-hydrogen) atoms. The Labute approximate surface area is 187 Å². The molecule has 6 heteroatoms. The topological polar surface area (TPSA) is 61.4 Å². The molecule has 1 heterocycles. The number of halogens is 1. The summed E-state index contributed by atoms with van der Waals surface area (Å²) in [7, 11) is 0. The summed E-state index contributed by atoms with van der Waals surface area (Å²) in [5.41, 5.74) is 5.38. The van der Waals surface area contributed by atoms with Gasteiger partial charge in [0.25, 0.3) is 0 Å². The Bertz CT molecular complexity index is 1160. The minimum Gasteiger partial charge on any atom is -0.378 e. The van der Waals surface area contributed by atoms with E-state index in [-0.39, 0.29) is 29.7 Å². The van der Waals surface area contributed by atoms with Gasteiger partial charge in [-0.2, -0.15) is 0 Å². The second kappa shape index (κ2) is 8.83. The van der Waals surface area contributed by atoms with Crippen molar-refractivity contribution in [1.29, 1.82) is 0 Å². The highest BCUT2D eigenvalue weighted by atomic mass is 19.1. The number of hydrogen-bond donors (Lipinski definition) is 2. The number of hydrogen-bond acceptors (Lipinski definition) is 3. The number of carbonyl (C=O) groups is 2. The largest absolute Gasteiger partial charge is 0.378 e. The van der Waals surface area contributed by atoms with Gasteiger partial charge in [0.1, 0.15) is 5.82 Å². The molecular formula is C26H26FN3O2. The van der Waals surface area contributed by atoms with E-state index in [4.69, 9.17) is 0 Å². The fourth-order valence-corrected chi connectivity index (χ4v) is 4.39. The molecule has 0 saturated carbocycles. The van der Waals surface area contributed by atoms with Crippen molar-refractivity contribution in [3.05, 3.63) is 78.1 Å². The molecular weight excluding hydrogens is 405 g/mol. The summed E-state index contributed by atoms with van der Waals surface area (Å²) in [5.74, 6) is -0.404. The van der Waals surface area contributed by atoms with Crippen molar-refractivity contribution in [1.82, 2.24) is 0 Å². The van der Waals surface area contributed by atoms with Crippen LogP contribution in [0.1, 0.15) is 38.8 Å². The summed E-state index contributed by atoms with van der Waals surface area (Å²) < 4.78 is 13.4. The first-order chi connectivity index (χ1) is 15.3. The Kier molecular flexibility index (Phi) is 5.95. The maximum absolute atomic E-state index is 13.4. The molecule has 164 valence electrons. The normalized spacial score (nSPS) is 17.4. The molecule has 2 atom stereocenters. The molecule has 3 aromatic rings. The average molecular weight is 432 g/mol. The molecule has 4 rings (SSSR count). The van der Waals surface area contributed by atoms with Gasteiger partial charge in [0.15, 0.2) is 0 Å². The number of nitrogens with one attached hydrogen (secondary N) is 2. The third-order valence-electron chi connectivity index (χ3n) is 5.72. The molecule has 0 aliphatic carbocycles. The van der Waals surface area contributed by atoms with E-state index in [0.717, 1.165) is 40.2 Å². The second-order valence-corrected chi connectivity index (χ2v) is 8.21. The summed E-state index contributed by atoms with van der Waals surface area (Å²) in [6.07, 6.45) is 0.722. The number of benzene rings is 3. The van der Waals surface area contributed by atoms with Crippen LogP contribution in [0.5, 0.6) is 0 Å². The molecule has 0 saturated heterocycles. The summed E-state index contributed by atoms with van der Waals surface area (Å²) in [6.45, 7) is 5.10. The van der Waals surface area contributed by atoms with Gasteiger partial charge in [-0.15, -0.1) is 0 Å². The molecule has 0 aromatic heterocycles. The van der Waals surface area contributed by atoms with Gasteiger partial charge in [0, 0.05) is 37.0 Å². The Balaban J connectivity index is 1.75. The van der Waals surface area contributed by atoms with Crippen molar-refractivity contribution >= 4 is 28.9 Å². The summed E-state index contributed by atoms with van der Waals surface area (Å²) >= 11 is 0. The maximum atomic E-state index is 13.4. The highest BCUT2D eigenvalue weighted by molar-refractivity contribution is 5.94. The molecule has 3 aromatic carbocycles. The number of carbonyl (C=O) groups excluding carboxylic acids is 2. The van der Waals surface area contributed by atoms with Gasteiger partial charge in [-0.3, -0.25) is 9.59 Å². The van der Waals surface area contributed by atoms with Crippen LogP contribution in [0.3, 0.4) is 0 Å². The van der Waals surface area contributed by atoms with Crippen LogP contribution in [-0.4, -0.2) is 17.9 Å². The number of nitrogens with zero attached hydrogens (tertiary/aromatic N) is 1. The van der Waals surface area contributed by atoms with Gasteiger partial charge >= 0.3 is 0 Å². The Morgan fingerprint density at radius 3 is 2.34 bits per heavy atom. The van der Waals surface area contributed by atoms with Crippen molar-refractivity contribution < 1.29 is 14.0 Å². The third kappa shape index (κ3) is 4.49. The molecule has 0 bridgehead atoms. The predicted octanol–water partition coefficient (Wildman–Crippen LogP) is 5.75. The van der Waals surface area contributed by atoms with Gasteiger partial charge in [0.2, 0.25) is 11.8 Å². The third-order valence-corrected chi connectivity index (χ3v) is 5.72. The van der Waals surface area contributed by atoms with E-state index in [2.05, 4.69) is 16.7 Å². The number of rotatable bonds is 4. The van der Waals surface area contributed by atoms with Crippen LogP contribution >= 0.6 is 0 Å². The Morgan fingerprint density at radius 1 is 0.938 bits per heavy atom. The molecule has 1 aliphatic heterocycles. The smallest absolute Gasteiger partial charge is 0.224 e. The monoisotopic (exact) mass is 431 g/mol. The highest BCUT2D eigenvalue weighted by Crippen LogP contribution is 2.41. The number of amides is 2. The van der Waals surface area contributed by atoms with E-state index in [1.807, 2.05) is 48.2 Å². The van der Waals surface area contributed by atoms with Crippen LogP contribution in [0.25, 0.3) is 11.1 Å². The Morgan fingerprint density at radius 2 is 1.66 bits per heavy atom. The van der Waals surface area contributed by atoms with E-state index in [0.29, 0.717) is 0 Å². The van der Waals surface area contributed by atoms with Gasteiger partial charge in [0.05, 0.1) is 6.04 Å². The van der Waals surface area contributed by atoms with E-state index >= 15 is 0 Å². The zero-order chi connectivity index (χ0) is 22.8. The first kappa shape index (κ1) is 21.6. The molecule has 0 spiro atoms. The van der Waals surface area contributed by atoms with Gasteiger partial charge < -0.3 is 15.5 Å². The van der Waals surface area contributed by atoms with E-state index in [1.54, 1.807) is 19.1 Å². The molecule has 0 radical (unpaired) electrons. The summed E-state index contributed by atoms with van der Waals surface area (Å²) in [4.78, 5) is 25.7. The standard InChI is InChI=1S/C26H26FN3O2/c1-16-13-25(29-22-10-8-21(27)9-11-22)24-15-20(7-12-26(24)30(16)18(3)32)19-5-4-6-23(14-19)28-17(2)31/h4-12,14-16,25,29H,13H2,1-3H3,(H,28,31)/t16-,25+/m0/s1. The van der Waals surface area contributed by atoms with E-state index in [9.17, 15) is 14.0 Å². The zero-order valence-electron chi connectivity index (χ0n) is 18.4. The average Bonchev–Trinajstić information content (AvgIpc) is 2.74. The predicted molar refractivity (Wildman–Crippen MR) is 126 cm³/mol. The van der Waals surface area contributed by atoms with Crippen LogP contribution < -0.4 is 15.5 Å². The van der Waals surface area contributed by atoms with Crippen molar-refractivity contribution in [3.8, 4) is 11.1 Å². The lowest BCUT2D eigenvalue weighted by molar-refractivity contribution is -0.117. The van der Waals surface area contributed by atoms with Crippen LogP contribution in [0.15, 0.2) is 66.7 Å². The molecule has 5 nitrogen and oxygen atoms in total. The first-order valence-electron chi connectivity index (χ1n) is 10.7. The minimum absolute atomic E-state index is 0.000567. The van der Waals surface area contributed by atoms with E-state index in [1.165, 1.54) is 19.1 Å². The van der Waals surface area contributed by atoms with Gasteiger partial charge in [-0.05, 0) is 78.6 Å². The minimum atomic E-state index is -0.281. The van der Waals surface area contributed by atoms with Crippen molar-refractivity contribution in [2.45, 2.75) is 39.3 Å². The lowest BCUT2D eigenvalue weighted by Crippen LogP contribution is -2.43. The molecule has 2 N–H and O–H groups in total. The lowest BCUT2D eigenvalue weighted by Gasteiger charge is -2.39.